The van der Waals surface area contributed by atoms with Crippen molar-refractivity contribution < 1.29 is 23.8 Å². The van der Waals surface area contributed by atoms with Crippen LogP contribution in [0.5, 0.6) is 0 Å². The molecule has 12 heavy (non-hydrogen) atoms. The molecule has 0 saturated carbocycles. The summed E-state index contributed by atoms with van der Waals surface area (Å²) >= 11 is 0. The lowest BCUT2D eigenvalue weighted by molar-refractivity contribution is -0.138. The number of hydrogen-bond donors (Lipinski definition) is 0. The van der Waals surface area contributed by atoms with Crippen molar-refractivity contribution in [3.8, 4) is 0 Å². The van der Waals surface area contributed by atoms with Crippen molar-refractivity contribution in [1.82, 2.24) is 0 Å². The molecule has 0 bridgehead atoms. The van der Waals surface area contributed by atoms with Crippen LogP contribution in [0.15, 0.2) is 11.8 Å². The van der Waals surface area contributed by atoms with Gasteiger partial charge in [-0.2, -0.15) is 0 Å². The molecular formula is C7H8O5. The maximum Gasteiger partial charge on any atom is 0.513 e. The zero-order chi connectivity index (χ0) is 9.14. The second kappa shape index (κ2) is 3.25. The monoisotopic (exact) mass is 172 g/mol. The minimum atomic E-state index is -0.855. The van der Waals surface area contributed by atoms with Gasteiger partial charge in [-0.3, -0.25) is 0 Å². The third-order valence-corrected chi connectivity index (χ3v) is 1.32. The van der Waals surface area contributed by atoms with Crippen molar-refractivity contribution in [2.75, 3.05) is 7.11 Å². The fourth-order valence-electron chi connectivity index (χ4n) is 0.750. The van der Waals surface area contributed by atoms with Gasteiger partial charge in [0.25, 0.3) is 0 Å². The van der Waals surface area contributed by atoms with Gasteiger partial charge in [0.1, 0.15) is 0 Å². The Hall–Kier alpha value is -1.52. The van der Waals surface area contributed by atoms with E-state index >= 15 is 0 Å². The average molecular weight is 172 g/mol. The van der Waals surface area contributed by atoms with Gasteiger partial charge in [0.2, 0.25) is 0 Å². The van der Waals surface area contributed by atoms with Crippen LogP contribution in [-0.4, -0.2) is 25.3 Å². The normalized spacial score (nSPS) is 21.3. The quantitative estimate of drug-likeness (QED) is 0.542. The lowest BCUT2D eigenvalue weighted by Gasteiger charge is -2.06. The van der Waals surface area contributed by atoms with Crippen molar-refractivity contribution in [1.29, 1.82) is 0 Å². The largest absolute Gasteiger partial charge is 0.513 e. The molecule has 0 aromatic carbocycles. The fraction of sp³-hybridized carbons (Fsp3) is 0.429. The number of methoxy groups -OCH3 is 1. The predicted molar refractivity (Wildman–Crippen MR) is 37.1 cm³/mol. The number of esters is 1. The van der Waals surface area contributed by atoms with Crippen molar-refractivity contribution in [2.45, 2.75) is 13.0 Å². The van der Waals surface area contributed by atoms with Gasteiger partial charge in [-0.05, 0) is 6.92 Å². The third-order valence-electron chi connectivity index (χ3n) is 1.32. The molecule has 5 heteroatoms. The van der Waals surface area contributed by atoms with Gasteiger partial charge in [0.15, 0.2) is 11.9 Å². The molecule has 0 N–H and O–H groups in total. The van der Waals surface area contributed by atoms with Crippen molar-refractivity contribution in [2.24, 2.45) is 0 Å². The first-order valence-corrected chi connectivity index (χ1v) is 3.31. The Morgan fingerprint density at radius 2 is 2.33 bits per heavy atom. The zero-order valence-corrected chi connectivity index (χ0v) is 6.70. The SMILES string of the molecule is COC(=O)OC1=CC(=O)OC1C. The third kappa shape index (κ3) is 1.75. The van der Waals surface area contributed by atoms with E-state index in [1.54, 1.807) is 6.92 Å². The fourth-order valence-corrected chi connectivity index (χ4v) is 0.750. The molecule has 0 radical (unpaired) electrons. The van der Waals surface area contributed by atoms with Crippen LogP contribution in [0.2, 0.25) is 0 Å². The molecule has 0 fully saturated rings. The van der Waals surface area contributed by atoms with Gasteiger partial charge in [-0.1, -0.05) is 0 Å². The highest BCUT2D eigenvalue weighted by Gasteiger charge is 2.25. The van der Waals surface area contributed by atoms with Crippen LogP contribution >= 0.6 is 0 Å². The van der Waals surface area contributed by atoms with Crippen LogP contribution in [-0.2, 0) is 19.0 Å². The maximum absolute atomic E-state index is 10.6. The first-order valence-electron chi connectivity index (χ1n) is 3.31. The first kappa shape index (κ1) is 8.58. The molecule has 1 heterocycles. The van der Waals surface area contributed by atoms with Crippen LogP contribution in [0.25, 0.3) is 0 Å². The zero-order valence-electron chi connectivity index (χ0n) is 6.70. The molecule has 0 spiro atoms. The standard InChI is InChI=1S/C7H8O5/c1-4-5(3-6(8)11-4)12-7(9)10-2/h3-4H,1-2H3. The summed E-state index contributed by atoms with van der Waals surface area (Å²) < 4.78 is 13.5. The molecule has 0 amide bonds. The summed E-state index contributed by atoms with van der Waals surface area (Å²) in [6.07, 6.45) is -0.260. The Labute approximate surface area is 68.9 Å². The number of carbonyl (C=O) groups excluding carboxylic acids is 2. The van der Waals surface area contributed by atoms with Crippen molar-refractivity contribution in [3.63, 3.8) is 0 Å². The van der Waals surface area contributed by atoms with Gasteiger partial charge in [-0.25, -0.2) is 9.59 Å². The summed E-state index contributed by atoms with van der Waals surface area (Å²) in [4.78, 5) is 21.2. The molecule has 0 aromatic rings. The Morgan fingerprint density at radius 3 is 2.75 bits per heavy atom. The summed E-state index contributed by atoms with van der Waals surface area (Å²) in [5.74, 6) is -0.340. The number of hydrogen-bond acceptors (Lipinski definition) is 5. The van der Waals surface area contributed by atoms with Gasteiger partial charge in [0.05, 0.1) is 13.2 Å². The second-order valence-electron chi connectivity index (χ2n) is 2.18. The average Bonchev–Trinajstić information content (AvgIpc) is 2.30. The van der Waals surface area contributed by atoms with E-state index in [1.807, 2.05) is 0 Å². The summed E-state index contributed by atoms with van der Waals surface area (Å²) in [6.45, 7) is 1.60. The van der Waals surface area contributed by atoms with Gasteiger partial charge in [0, 0.05) is 0 Å². The number of ether oxygens (including phenoxy) is 3. The molecule has 1 aliphatic rings. The number of cyclic esters (lactones) is 1. The summed E-state index contributed by atoms with van der Waals surface area (Å²) in [5.41, 5.74) is 0. The lowest BCUT2D eigenvalue weighted by atomic mass is 10.3. The Balaban J connectivity index is 2.57. The van der Waals surface area contributed by atoms with E-state index in [-0.39, 0.29) is 5.76 Å². The van der Waals surface area contributed by atoms with E-state index in [1.165, 1.54) is 7.11 Å². The van der Waals surface area contributed by atoms with E-state index in [9.17, 15) is 9.59 Å². The molecule has 66 valence electrons. The molecule has 0 aromatic heterocycles. The molecule has 1 rings (SSSR count). The van der Waals surface area contributed by atoms with E-state index < -0.39 is 18.2 Å². The Kier molecular flexibility index (Phi) is 2.32. The summed E-state index contributed by atoms with van der Waals surface area (Å²) in [5, 5.41) is 0. The highest BCUT2D eigenvalue weighted by Crippen LogP contribution is 2.16. The summed E-state index contributed by atoms with van der Waals surface area (Å²) in [6, 6.07) is 0. The Morgan fingerprint density at radius 1 is 1.67 bits per heavy atom. The molecule has 0 aliphatic carbocycles. The van der Waals surface area contributed by atoms with E-state index in [0.29, 0.717) is 0 Å². The lowest BCUT2D eigenvalue weighted by Crippen LogP contribution is -2.12. The van der Waals surface area contributed by atoms with Crippen LogP contribution < -0.4 is 0 Å². The van der Waals surface area contributed by atoms with Gasteiger partial charge < -0.3 is 14.2 Å². The van der Waals surface area contributed by atoms with Gasteiger partial charge in [-0.15, -0.1) is 0 Å². The highest BCUT2D eigenvalue weighted by atomic mass is 16.7. The van der Waals surface area contributed by atoms with Crippen LogP contribution in [0.1, 0.15) is 6.92 Å². The van der Waals surface area contributed by atoms with Crippen molar-refractivity contribution in [3.05, 3.63) is 11.8 Å². The predicted octanol–water partition coefficient (Wildman–Crippen LogP) is 0.599. The minimum absolute atomic E-state index is 0.173. The van der Waals surface area contributed by atoms with Crippen LogP contribution in [0.3, 0.4) is 0 Å². The number of rotatable bonds is 1. The smallest absolute Gasteiger partial charge is 0.451 e. The Bertz CT molecular complexity index is 242. The van der Waals surface area contributed by atoms with Gasteiger partial charge >= 0.3 is 12.1 Å². The summed E-state index contributed by atoms with van der Waals surface area (Å²) in [7, 11) is 1.19. The molecule has 5 nitrogen and oxygen atoms in total. The maximum atomic E-state index is 10.6. The van der Waals surface area contributed by atoms with Crippen molar-refractivity contribution >= 4 is 12.1 Å². The van der Waals surface area contributed by atoms with E-state index in [4.69, 9.17) is 0 Å². The minimum Gasteiger partial charge on any atom is -0.451 e. The molecule has 1 unspecified atom stereocenters. The topological polar surface area (TPSA) is 61.8 Å². The number of carbonyl (C=O) groups is 2. The molecule has 0 saturated heterocycles. The second-order valence-corrected chi connectivity index (χ2v) is 2.18. The van der Waals surface area contributed by atoms with Crippen LogP contribution in [0.4, 0.5) is 4.79 Å². The van der Waals surface area contributed by atoms with E-state index in [0.717, 1.165) is 6.08 Å². The molecular weight excluding hydrogens is 164 g/mol. The van der Waals surface area contributed by atoms with Crippen LogP contribution in [0, 0.1) is 0 Å². The van der Waals surface area contributed by atoms with E-state index in [2.05, 4.69) is 14.2 Å². The first-order chi connectivity index (χ1) is 5.63. The molecule has 1 atom stereocenters. The highest BCUT2D eigenvalue weighted by molar-refractivity contribution is 5.85. The molecule has 1 aliphatic heterocycles.